The van der Waals surface area contributed by atoms with Gasteiger partial charge >= 0.3 is 0 Å². The molecular formula is C17H18FNO2. The zero-order valence-electron chi connectivity index (χ0n) is 11.8. The molecule has 2 aromatic rings. The van der Waals surface area contributed by atoms with Gasteiger partial charge in [-0.25, -0.2) is 4.39 Å². The molecule has 0 heterocycles. The molecule has 0 aliphatic heterocycles. The van der Waals surface area contributed by atoms with Gasteiger partial charge in [-0.05, 0) is 41.3 Å². The summed E-state index contributed by atoms with van der Waals surface area (Å²) in [6, 6.07) is 13.3. The van der Waals surface area contributed by atoms with Crippen LogP contribution in [0.2, 0.25) is 0 Å². The number of hydrogen-bond acceptors (Lipinski definition) is 2. The standard InChI is InChI=1S/C17H18FNO2/c1-12(14-5-7-15(18)8-6-14)9-17(21)19-16-4-2-3-13(10-16)11-20/h2-8,10,12,20H,9,11H2,1H3,(H,19,21). The van der Waals surface area contributed by atoms with Crippen molar-refractivity contribution in [1.82, 2.24) is 0 Å². The number of aliphatic hydroxyl groups excluding tert-OH is 1. The maximum Gasteiger partial charge on any atom is 0.224 e. The molecule has 2 aromatic carbocycles. The molecule has 110 valence electrons. The molecule has 0 fully saturated rings. The number of halogens is 1. The van der Waals surface area contributed by atoms with Crippen LogP contribution in [0.3, 0.4) is 0 Å². The topological polar surface area (TPSA) is 49.3 Å². The Kier molecular flexibility index (Phi) is 5.06. The van der Waals surface area contributed by atoms with Crippen LogP contribution in [-0.2, 0) is 11.4 Å². The smallest absolute Gasteiger partial charge is 0.224 e. The first-order valence-corrected chi connectivity index (χ1v) is 6.83. The molecule has 4 heteroatoms. The molecule has 3 nitrogen and oxygen atoms in total. The number of hydrogen-bond donors (Lipinski definition) is 2. The Morgan fingerprint density at radius 3 is 2.62 bits per heavy atom. The summed E-state index contributed by atoms with van der Waals surface area (Å²) < 4.78 is 12.9. The fourth-order valence-electron chi connectivity index (χ4n) is 2.15. The molecule has 0 saturated carbocycles. The lowest BCUT2D eigenvalue weighted by Gasteiger charge is -2.12. The summed E-state index contributed by atoms with van der Waals surface area (Å²) in [6.45, 7) is 1.87. The number of aliphatic hydroxyl groups is 1. The van der Waals surface area contributed by atoms with E-state index < -0.39 is 0 Å². The fourth-order valence-corrected chi connectivity index (χ4v) is 2.15. The zero-order valence-corrected chi connectivity index (χ0v) is 11.8. The first-order valence-electron chi connectivity index (χ1n) is 6.83. The predicted molar refractivity (Wildman–Crippen MR) is 80.4 cm³/mol. The minimum absolute atomic E-state index is 0.00613. The van der Waals surface area contributed by atoms with E-state index in [-0.39, 0.29) is 24.2 Å². The minimum Gasteiger partial charge on any atom is -0.392 e. The molecule has 1 amide bonds. The van der Waals surface area contributed by atoms with E-state index in [4.69, 9.17) is 5.11 Å². The van der Waals surface area contributed by atoms with Crippen LogP contribution in [0, 0.1) is 5.82 Å². The minimum atomic E-state index is -0.281. The third kappa shape index (κ3) is 4.39. The van der Waals surface area contributed by atoms with Crippen LogP contribution in [0.5, 0.6) is 0 Å². The van der Waals surface area contributed by atoms with E-state index in [1.54, 1.807) is 36.4 Å². The van der Waals surface area contributed by atoms with Crippen molar-refractivity contribution in [3.8, 4) is 0 Å². The fraction of sp³-hybridized carbons (Fsp3) is 0.235. The van der Waals surface area contributed by atoms with Gasteiger partial charge in [0.25, 0.3) is 0 Å². The van der Waals surface area contributed by atoms with Crippen LogP contribution < -0.4 is 5.32 Å². The number of carbonyl (C=O) groups excluding carboxylic acids is 1. The van der Waals surface area contributed by atoms with Gasteiger partial charge < -0.3 is 10.4 Å². The number of nitrogens with one attached hydrogen (secondary N) is 1. The zero-order chi connectivity index (χ0) is 15.2. The summed E-state index contributed by atoms with van der Waals surface area (Å²) in [4.78, 5) is 12.0. The highest BCUT2D eigenvalue weighted by Crippen LogP contribution is 2.20. The summed E-state index contributed by atoms with van der Waals surface area (Å²) in [5, 5.41) is 11.9. The van der Waals surface area contributed by atoms with Crippen molar-refractivity contribution in [2.24, 2.45) is 0 Å². The molecule has 1 unspecified atom stereocenters. The molecule has 0 aromatic heterocycles. The molecule has 2 N–H and O–H groups in total. The van der Waals surface area contributed by atoms with E-state index in [1.807, 2.05) is 6.92 Å². The number of benzene rings is 2. The van der Waals surface area contributed by atoms with E-state index in [0.29, 0.717) is 12.1 Å². The Labute approximate surface area is 123 Å². The maximum absolute atomic E-state index is 12.9. The highest BCUT2D eigenvalue weighted by atomic mass is 19.1. The Hall–Kier alpha value is -2.20. The van der Waals surface area contributed by atoms with E-state index >= 15 is 0 Å². The number of amides is 1. The normalized spacial score (nSPS) is 12.0. The van der Waals surface area contributed by atoms with Gasteiger partial charge in [-0.3, -0.25) is 4.79 Å². The van der Waals surface area contributed by atoms with E-state index in [9.17, 15) is 9.18 Å². The van der Waals surface area contributed by atoms with Crippen molar-refractivity contribution in [3.05, 3.63) is 65.5 Å². The van der Waals surface area contributed by atoms with Crippen LogP contribution in [-0.4, -0.2) is 11.0 Å². The van der Waals surface area contributed by atoms with Gasteiger partial charge in [0.05, 0.1) is 6.61 Å². The highest BCUT2D eigenvalue weighted by molar-refractivity contribution is 5.91. The van der Waals surface area contributed by atoms with Gasteiger partial charge in [0, 0.05) is 12.1 Å². The molecule has 0 aliphatic carbocycles. The van der Waals surface area contributed by atoms with Crippen LogP contribution >= 0.6 is 0 Å². The Morgan fingerprint density at radius 1 is 1.24 bits per heavy atom. The summed E-state index contributed by atoms with van der Waals surface area (Å²) in [5.74, 6) is -0.384. The predicted octanol–water partition coefficient (Wildman–Crippen LogP) is 3.45. The largest absolute Gasteiger partial charge is 0.392 e. The monoisotopic (exact) mass is 287 g/mol. The highest BCUT2D eigenvalue weighted by Gasteiger charge is 2.11. The van der Waals surface area contributed by atoms with Crippen molar-refractivity contribution in [3.63, 3.8) is 0 Å². The van der Waals surface area contributed by atoms with Crippen molar-refractivity contribution in [2.75, 3.05) is 5.32 Å². The van der Waals surface area contributed by atoms with E-state index in [0.717, 1.165) is 11.1 Å². The molecule has 0 radical (unpaired) electrons. The number of anilines is 1. The quantitative estimate of drug-likeness (QED) is 0.885. The van der Waals surface area contributed by atoms with Crippen LogP contribution in [0.1, 0.15) is 30.4 Å². The van der Waals surface area contributed by atoms with Gasteiger partial charge in [-0.2, -0.15) is 0 Å². The van der Waals surface area contributed by atoms with Crippen LogP contribution in [0.15, 0.2) is 48.5 Å². The lowest BCUT2D eigenvalue weighted by atomic mass is 9.97. The third-order valence-electron chi connectivity index (χ3n) is 3.32. The molecule has 1 atom stereocenters. The molecule has 21 heavy (non-hydrogen) atoms. The van der Waals surface area contributed by atoms with Crippen molar-refractivity contribution in [1.29, 1.82) is 0 Å². The second-order valence-corrected chi connectivity index (χ2v) is 5.06. The van der Waals surface area contributed by atoms with Crippen molar-refractivity contribution in [2.45, 2.75) is 25.9 Å². The SMILES string of the molecule is CC(CC(=O)Nc1cccc(CO)c1)c1ccc(F)cc1. The molecule has 0 aliphatic rings. The van der Waals surface area contributed by atoms with Gasteiger partial charge in [-0.15, -0.1) is 0 Å². The molecular weight excluding hydrogens is 269 g/mol. The summed E-state index contributed by atoms with van der Waals surface area (Å²) in [6.07, 6.45) is 0.314. The van der Waals surface area contributed by atoms with Gasteiger partial charge in [0.2, 0.25) is 5.91 Å². The third-order valence-corrected chi connectivity index (χ3v) is 3.32. The Morgan fingerprint density at radius 2 is 1.95 bits per heavy atom. The van der Waals surface area contributed by atoms with Crippen LogP contribution in [0.25, 0.3) is 0 Å². The average Bonchev–Trinajstić information content (AvgIpc) is 2.47. The Balaban J connectivity index is 1.96. The number of rotatable bonds is 5. The first kappa shape index (κ1) is 15.2. The first-order chi connectivity index (χ1) is 10.1. The van der Waals surface area contributed by atoms with Gasteiger partial charge in [-0.1, -0.05) is 31.2 Å². The summed E-state index contributed by atoms with van der Waals surface area (Å²) in [5.41, 5.74) is 2.34. The summed E-state index contributed by atoms with van der Waals surface area (Å²) >= 11 is 0. The lowest BCUT2D eigenvalue weighted by Crippen LogP contribution is -2.14. The Bertz CT molecular complexity index is 610. The second kappa shape index (κ2) is 6.99. The molecule has 0 saturated heterocycles. The van der Waals surface area contributed by atoms with E-state index in [2.05, 4.69) is 5.32 Å². The van der Waals surface area contributed by atoms with Crippen molar-refractivity contribution >= 4 is 11.6 Å². The second-order valence-electron chi connectivity index (χ2n) is 5.06. The van der Waals surface area contributed by atoms with Crippen LogP contribution in [0.4, 0.5) is 10.1 Å². The van der Waals surface area contributed by atoms with Crippen molar-refractivity contribution < 1.29 is 14.3 Å². The lowest BCUT2D eigenvalue weighted by molar-refractivity contribution is -0.116. The summed E-state index contributed by atoms with van der Waals surface area (Å²) in [7, 11) is 0. The molecule has 0 bridgehead atoms. The average molecular weight is 287 g/mol. The van der Waals surface area contributed by atoms with Gasteiger partial charge in [0.1, 0.15) is 5.82 Å². The molecule has 0 spiro atoms. The maximum atomic E-state index is 12.9. The van der Waals surface area contributed by atoms with Gasteiger partial charge in [0.15, 0.2) is 0 Å². The van der Waals surface area contributed by atoms with E-state index in [1.165, 1.54) is 12.1 Å². The number of carbonyl (C=O) groups is 1. The molecule has 2 rings (SSSR count).